The molecule has 2 aromatic carbocycles. The molecule has 0 saturated carbocycles. The standard InChI is InChI=1S/C22H25BrN2O4S/c1-4-27-12-11-25-17-9-8-16(23)14-20(17)30-22(25)24-21(26)15-7-10-18(28-5-2)19(13-15)29-6-3/h7-10,13-14H,4-6,11-12H2,1-3H3. The molecule has 0 N–H and O–H groups in total. The Kier molecular flexibility index (Phi) is 8.07. The van der Waals surface area contributed by atoms with Crippen molar-refractivity contribution in [3.63, 3.8) is 0 Å². The lowest BCUT2D eigenvalue weighted by atomic mass is 10.2. The summed E-state index contributed by atoms with van der Waals surface area (Å²) in [5.41, 5.74) is 1.48. The molecule has 3 aromatic rings. The van der Waals surface area contributed by atoms with Crippen LogP contribution in [0.2, 0.25) is 0 Å². The van der Waals surface area contributed by atoms with E-state index in [4.69, 9.17) is 14.2 Å². The Morgan fingerprint density at radius 3 is 2.53 bits per heavy atom. The lowest BCUT2D eigenvalue weighted by Crippen LogP contribution is -2.19. The average Bonchev–Trinajstić information content (AvgIpc) is 3.06. The second kappa shape index (κ2) is 10.7. The summed E-state index contributed by atoms with van der Waals surface area (Å²) in [7, 11) is 0. The van der Waals surface area contributed by atoms with Crippen molar-refractivity contribution in [2.45, 2.75) is 27.3 Å². The number of halogens is 1. The van der Waals surface area contributed by atoms with Crippen LogP contribution < -0.4 is 14.3 Å². The zero-order valence-electron chi connectivity index (χ0n) is 17.3. The third-order valence-electron chi connectivity index (χ3n) is 4.30. The third-order valence-corrected chi connectivity index (χ3v) is 5.83. The van der Waals surface area contributed by atoms with Crippen molar-refractivity contribution in [3.8, 4) is 11.5 Å². The average molecular weight is 493 g/mol. The van der Waals surface area contributed by atoms with Crippen LogP contribution in [0, 0.1) is 0 Å². The lowest BCUT2D eigenvalue weighted by molar-refractivity contribution is 0.0996. The summed E-state index contributed by atoms with van der Waals surface area (Å²) in [5, 5.41) is 0. The Morgan fingerprint density at radius 1 is 1.03 bits per heavy atom. The summed E-state index contributed by atoms with van der Waals surface area (Å²) in [4.78, 5) is 18.0. The molecule has 8 heteroatoms. The van der Waals surface area contributed by atoms with Gasteiger partial charge in [-0.05, 0) is 57.2 Å². The Balaban J connectivity index is 2.01. The van der Waals surface area contributed by atoms with E-state index in [2.05, 4.69) is 20.9 Å². The van der Waals surface area contributed by atoms with Crippen LogP contribution in [0.3, 0.4) is 0 Å². The molecule has 0 aliphatic heterocycles. The molecule has 0 unspecified atom stereocenters. The Bertz CT molecular complexity index is 1090. The van der Waals surface area contributed by atoms with Crippen LogP contribution in [0.25, 0.3) is 10.2 Å². The minimum atomic E-state index is -0.324. The van der Waals surface area contributed by atoms with E-state index in [1.807, 2.05) is 43.5 Å². The molecule has 30 heavy (non-hydrogen) atoms. The molecule has 0 aliphatic rings. The van der Waals surface area contributed by atoms with Crippen molar-refractivity contribution >= 4 is 43.4 Å². The van der Waals surface area contributed by atoms with Gasteiger partial charge in [0.25, 0.3) is 5.91 Å². The number of aromatic nitrogens is 1. The first kappa shape index (κ1) is 22.5. The lowest BCUT2D eigenvalue weighted by Gasteiger charge is -2.11. The highest BCUT2D eigenvalue weighted by molar-refractivity contribution is 9.10. The van der Waals surface area contributed by atoms with E-state index in [0.29, 0.717) is 54.8 Å². The van der Waals surface area contributed by atoms with Gasteiger partial charge in [-0.15, -0.1) is 0 Å². The van der Waals surface area contributed by atoms with Crippen LogP contribution in [-0.2, 0) is 11.3 Å². The minimum Gasteiger partial charge on any atom is -0.490 e. The van der Waals surface area contributed by atoms with Crippen LogP contribution in [0.1, 0.15) is 31.1 Å². The molecule has 0 spiro atoms. The molecule has 0 aliphatic carbocycles. The summed E-state index contributed by atoms with van der Waals surface area (Å²) in [6.45, 7) is 8.59. The van der Waals surface area contributed by atoms with Gasteiger partial charge in [0.15, 0.2) is 16.3 Å². The van der Waals surface area contributed by atoms with E-state index in [0.717, 1.165) is 14.7 Å². The maximum atomic E-state index is 13.0. The van der Waals surface area contributed by atoms with Crippen LogP contribution in [0.15, 0.2) is 45.9 Å². The molecule has 1 aromatic heterocycles. The van der Waals surface area contributed by atoms with Gasteiger partial charge in [-0.2, -0.15) is 4.99 Å². The molecule has 1 amide bonds. The maximum Gasteiger partial charge on any atom is 0.279 e. The summed E-state index contributed by atoms with van der Waals surface area (Å²) in [6.07, 6.45) is 0. The third kappa shape index (κ3) is 5.30. The number of hydrogen-bond acceptors (Lipinski definition) is 5. The highest BCUT2D eigenvalue weighted by Gasteiger charge is 2.13. The Labute approximate surface area is 188 Å². The molecule has 0 fully saturated rings. The number of carbonyl (C=O) groups excluding carboxylic acids is 1. The van der Waals surface area contributed by atoms with Gasteiger partial charge in [-0.1, -0.05) is 27.3 Å². The molecule has 0 radical (unpaired) electrons. The zero-order chi connectivity index (χ0) is 21.5. The van der Waals surface area contributed by atoms with Gasteiger partial charge in [0, 0.05) is 23.2 Å². The van der Waals surface area contributed by atoms with Crippen molar-refractivity contribution in [2.24, 2.45) is 4.99 Å². The number of hydrogen-bond donors (Lipinski definition) is 0. The maximum absolute atomic E-state index is 13.0. The van der Waals surface area contributed by atoms with Crippen molar-refractivity contribution < 1.29 is 19.0 Å². The molecule has 0 atom stereocenters. The smallest absolute Gasteiger partial charge is 0.279 e. The fraction of sp³-hybridized carbons (Fsp3) is 0.364. The second-order valence-corrected chi connectivity index (χ2v) is 8.21. The highest BCUT2D eigenvalue weighted by Crippen LogP contribution is 2.29. The number of fused-ring (bicyclic) bond motifs is 1. The Hall–Kier alpha value is -2.16. The summed E-state index contributed by atoms with van der Waals surface area (Å²) in [6, 6.07) is 11.2. The molecule has 160 valence electrons. The van der Waals surface area contributed by atoms with Crippen molar-refractivity contribution in [2.75, 3.05) is 26.4 Å². The monoisotopic (exact) mass is 492 g/mol. The molecule has 0 saturated heterocycles. The predicted octanol–water partition coefficient (Wildman–Crippen LogP) is 5.04. The zero-order valence-corrected chi connectivity index (χ0v) is 19.7. The highest BCUT2D eigenvalue weighted by atomic mass is 79.9. The quantitative estimate of drug-likeness (QED) is 0.392. The molecule has 3 rings (SSSR count). The van der Waals surface area contributed by atoms with Crippen molar-refractivity contribution in [1.82, 2.24) is 4.57 Å². The van der Waals surface area contributed by atoms with Crippen molar-refractivity contribution in [1.29, 1.82) is 0 Å². The van der Waals surface area contributed by atoms with E-state index >= 15 is 0 Å². The SMILES string of the molecule is CCOCCn1c(=NC(=O)c2ccc(OCC)c(OCC)c2)sc2cc(Br)ccc21. The fourth-order valence-corrected chi connectivity index (χ4v) is 4.59. The van der Waals surface area contributed by atoms with E-state index in [9.17, 15) is 4.79 Å². The molecular weight excluding hydrogens is 468 g/mol. The largest absolute Gasteiger partial charge is 0.490 e. The number of thiazole rings is 1. The van der Waals surface area contributed by atoms with Crippen LogP contribution >= 0.6 is 27.3 Å². The van der Waals surface area contributed by atoms with Gasteiger partial charge in [0.2, 0.25) is 0 Å². The van der Waals surface area contributed by atoms with Crippen LogP contribution in [0.4, 0.5) is 0 Å². The minimum absolute atomic E-state index is 0.324. The first-order valence-corrected chi connectivity index (χ1v) is 11.5. The predicted molar refractivity (Wildman–Crippen MR) is 123 cm³/mol. The number of benzene rings is 2. The molecule has 0 bridgehead atoms. The molecule has 1 heterocycles. The van der Waals surface area contributed by atoms with E-state index in [-0.39, 0.29) is 5.91 Å². The van der Waals surface area contributed by atoms with Crippen molar-refractivity contribution in [3.05, 3.63) is 51.2 Å². The first-order valence-electron chi connectivity index (χ1n) is 9.92. The Morgan fingerprint density at radius 2 is 1.80 bits per heavy atom. The van der Waals surface area contributed by atoms with Crippen LogP contribution in [-0.4, -0.2) is 36.9 Å². The number of rotatable bonds is 9. The fourth-order valence-electron chi connectivity index (χ4n) is 2.98. The van der Waals surface area contributed by atoms with E-state index < -0.39 is 0 Å². The van der Waals surface area contributed by atoms with Gasteiger partial charge >= 0.3 is 0 Å². The topological polar surface area (TPSA) is 62.1 Å². The normalized spacial score (nSPS) is 11.8. The van der Waals surface area contributed by atoms with Gasteiger partial charge in [-0.3, -0.25) is 4.79 Å². The van der Waals surface area contributed by atoms with Crippen LogP contribution in [0.5, 0.6) is 11.5 Å². The van der Waals surface area contributed by atoms with Gasteiger partial charge in [-0.25, -0.2) is 0 Å². The molecule has 6 nitrogen and oxygen atoms in total. The first-order chi connectivity index (χ1) is 14.6. The van der Waals surface area contributed by atoms with Gasteiger partial charge in [0.1, 0.15) is 0 Å². The summed E-state index contributed by atoms with van der Waals surface area (Å²) in [5.74, 6) is 0.842. The number of carbonyl (C=O) groups is 1. The van der Waals surface area contributed by atoms with Gasteiger partial charge < -0.3 is 18.8 Å². The van der Waals surface area contributed by atoms with E-state index in [1.54, 1.807) is 18.2 Å². The number of ether oxygens (including phenoxy) is 3. The van der Waals surface area contributed by atoms with E-state index in [1.165, 1.54) is 11.3 Å². The summed E-state index contributed by atoms with van der Waals surface area (Å²) < 4.78 is 20.8. The number of nitrogens with zero attached hydrogens (tertiary/aromatic N) is 2. The number of amides is 1. The molecular formula is C22H25BrN2O4S. The van der Waals surface area contributed by atoms with Gasteiger partial charge in [0.05, 0.1) is 30.0 Å². The summed E-state index contributed by atoms with van der Waals surface area (Å²) >= 11 is 4.99. The second-order valence-electron chi connectivity index (χ2n) is 6.29.